The van der Waals surface area contributed by atoms with Crippen LogP contribution in [0.2, 0.25) is 0 Å². The van der Waals surface area contributed by atoms with Gasteiger partial charge in [-0.15, -0.1) is 0 Å². The summed E-state index contributed by atoms with van der Waals surface area (Å²) in [5.74, 6) is 6.20. The van der Waals surface area contributed by atoms with Gasteiger partial charge in [0, 0.05) is 29.3 Å². The molecule has 0 aliphatic heterocycles. The Hall–Kier alpha value is -2.83. The van der Waals surface area contributed by atoms with Crippen molar-refractivity contribution in [3.8, 4) is 11.8 Å². The predicted molar refractivity (Wildman–Crippen MR) is 114 cm³/mol. The molecule has 1 aliphatic carbocycles. The molecule has 0 unspecified atom stereocenters. The first-order valence-electron chi connectivity index (χ1n) is 9.82. The molecular formula is C25H27NO2. The van der Waals surface area contributed by atoms with Gasteiger partial charge < -0.3 is 4.74 Å². The third kappa shape index (κ3) is 5.84. The molecule has 0 radical (unpaired) electrons. The maximum atomic E-state index is 11.7. The molecule has 0 N–H and O–H groups in total. The number of hydrogen-bond donors (Lipinski definition) is 0. The minimum absolute atomic E-state index is 0.279. The van der Waals surface area contributed by atoms with Crippen molar-refractivity contribution in [1.29, 1.82) is 0 Å². The molecule has 144 valence electrons. The lowest BCUT2D eigenvalue weighted by Gasteiger charge is -2.15. The average Bonchev–Trinajstić information content (AvgIpc) is 3.53. The Morgan fingerprint density at radius 2 is 1.86 bits per heavy atom. The molecule has 0 aromatic heterocycles. The molecule has 0 heterocycles. The van der Waals surface area contributed by atoms with Crippen LogP contribution in [-0.2, 0) is 16.1 Å². The first kappa shape index (κ1) is 19.9. The van der Waals surface area contributed by atoms with Crippen LogP contribution < -0.4 is 0 Å². The van der Waals surface area contributed by atoms with E-state index in [1.807, 2.05) is 36.4 Å². The molecule has 1 aliphatic rings. The molecule has 0 amide bonds. The van der Waals surface area contributed by atoms with Crippen molar-refractivity contribution < 1.29 is 9.53 Å². The Balaban J connectivity index is 1.65. The highest BCUT2D eigenvalue weighted by molar-refractivity contribution is 5.92. The lowest BCUT2D eigenvalue weighted by molar-refractivity contribution is -0.138. The SMILES string of the molecule is CCOC(=O)C(C)=Cc1ccc(C#Cc2cccc(CN(C)C3CC3)c2)cc1. The molecule has 0 saturated heterocycles. The monoisotopic (exact) mass is 373 g/mol. The molecule has 3 rings (SSSR count). The fourth-order valence-corrected chi connectivity index (χ4v) is 3.04. The van der Waals surface area contributed by atoms with Gasteiger partial charge in [0.15, 0.2) is 0 Å². The molecule has 2 aromatic rings. The van der Waals surface area contributed by atoms with Crippen LogP contribution in [0.3, 0.4) is 0 Å². The minimum atomic E-state index is -0.279. The van der Waals surface area contributed by atoms with Crippen LogP contribution in [0, 0.1) is 11.8 Å². The summed E-state index contributed by atoms with van der Waals surface area (Å²) in [6.07, 6.45) is 4.47. The molecule has 1 saturated carbocycles. The van der Waals surface area contributed by atoms with E-state index in [2.05, 4.69) is 42.0 Å². The van der Waals surface area contributed by atoms with E-state index in [0.717, 1.165) is 29.3 Å². The van der Waals surface area contributed by atoms with Gasteiger partial charge >= 0.3 is 5.97 Å². The van der Waals surface area contributed by atoms with Crippen molar-refractivity contribution in [1.82, 2.24) is 4.90 Å². The number of nitrogens with zero attached hydrogens (tertiary/aromatic N) is 1. The Morgan fingerprint density at radius 3 is 2.54 bits per heavy atom. The molecule has 3 nitrogen and oxygen atoms in total. The summed E-state index contributed by atoms with van der Waals surface area (Å²) in [5, 5.41) is 0. The van der Waals surface area contributed by atoms with E-state index in [0.29, 0.717) is 12.2 Å². The van der Waals surface area contributed by atoms with Crippen molar-refractivity contribution in [2.24, 2.45) is 0 Å². The van der Waals surface area contributed by atoms with Gasteiger partial charge in [0.1, 0.15) is 0 Å². The maximum absolute atomic E-state index is 11.7. The fraction of sp³-hybridized carbons (Fsp3) is 0.320. The second kappa shape index (κ2) is 9.39. The number of carbonyl (C=O) groups excluding carboxylic acids is 1. The lowest BCUT2D eigenvalue weighted by Crippen LogP contribution is -2.19. The van der Waals surface area contributed by atoms with Gasteiger partial charge in [-0.25, -0.2) is 4.79 Å². The number of hydrogen-bond acceptors (Lipinski definition) is 3. The lowest BCUT2D eigenvalue weighted by atomic mass is 10.1. The van der Waals surface area contributed by atoms with E-state index in [4.69, 9.17) is 4.74 Å². The Bertz CT molecular complexity index is 912. The van der Waals surface area contributed by atoms with Crippen molar-refractivity contribution in [3.05, 3.63) is 76.4 Å². The summed E-state index contributed by atoms with van der Waals surface area (Å²) < 4.78 is 5.00. The minimum Gasteiger partial charge on any atom is -0.463 e. The molecular weight excluding hydrogens is 346 g/mol. The first-order chi connectivity index (χ1) is 13.5. The number of rotatable bonds is 6. The second-order valence-electron chi connectivity index (χ2n) is 7.27. The quantitative estimate of drug-likeness (QED) is 0.419. The molecule has 28 heavy (non-hydrogen) atoms. The molecule has 3 heteroatoms. The van der Waals surface area contributed by atoms with Crippen LogP contribution in [0.5, 0.6) is 0 Å². The third-order valence-corrected chi connectivity index (χ3v) is 4.77. The van der Waals surface area contributed by atoms with Crippen LogP contribution in [0.25, 0.3) is 6.08 Å². The van der Waals surface area contributed by atoms with Gasteiger partial charge in [0.2, 0.25) is 0 Å². The second-order valence-corrected chi connectivity index (χ2v) is 7.27. The van der Waals surface area contributed by atoms with Gasteiger partial charge in [0.25, 0.3) is 0 Å². The van der Waals surface area contributed by atoms with E-state index in [1.165, 1.54) is 18.4 Å². The number of ether oxygens (including phenoxy) is 1. The van der Waals surface area contributed by atoms with Crippen molar-refractivity contribution in [3.63, 3.8) is 0 Å². The van der Waals surface area contributed by atoms with E-state index in [-0.39, 0.29) is 5.97 Å². The van der Waals surface area contributed by atoms with Crippen LogP contribution >= 0.6 is 0 Å². The highest BCUT2D eigenvalue weighted by Crippen LogP contribution is 2.26. The van der Waals surface area contributed by atoms with Gasteiger partial charge in [0.05, 0.1) is 6.61 Å². The van der Waals surface area contributed by atoms with Gasteiger partial charge in [-0.05, 0) is 75.2 Å². The predicted octanol–water partition coefficient (Wildman–Crippen LogP) is 4.65. The smallest absolute Gasteiger partial charge is 0.333 e. The Morgan fingerprint density at radius 1 is 1.14 bits per heavy atom. The first-order valence-corrected chi connectivity index (χ1v) is 9.82. The van der Waals surface area contributed by atoms with E-state index in [1.54, 1.807) is 13.8 Å². The number of esters is 1. The fourth-order valence-electron chi connectivity index (χ4n) is 3.04. The zero-order valence-corrected chi connectivity index (χ0v) is 16.9. The summed E-state index contributed by atoms with van der Waals surface area (Å²) in [6, 6.07) is 17.1. The Kier molecular flexibility index (Phi) is 6.68. The summed E-state index contributed by atoms with van der Waals surface area (Å²) in [5.41, 5.74) is 4.83. The normalized spacial score (nSPS) is 13.8. The van der Waals surface area contributed by atoms with E-state index >= 15 is 0 Å². The van der Waals surface area contributed by atoms with Crippen molar-refractivity contribution in [2.45, 2.75) is 39.3 Å². The summed E-state index contributed by atoms with van der Waals surface area (Å²) in [4.78, 5) is 14.1. The summed E-state index contributed by atoms with van der Waals surface area (Å²) >= 11 is 0. The third-order valence-electron chi connectivity index (χ3n) is 4.77. The standard InChI is InChI=1S/C25H27NO2/c1-4-28-25(27)19(2)16-22-12-9-20(10-13-22)8-11-21-6-5-7-23(17-21)18-26(3)24-14-15-24/h5-7,9-10,12-13,16-17,24H,4,14-15,18H2,1-3H3. The topological polar surface area (TPSA) is 29.5 Å². The zero-order chi connectivity index (χ0) is 19.9. The molecule has 0 spiro atoms. The molecule has 0 atom stereocenters. The van der Waals surface area contributed by atoms with Crippen LogP contribution in [-0.4, -0.2) is 30.6 Å². The van der Waals surface area contributed by atoms with Gasteiger partial charge in [-0.3, -0.25) is 4.90 Å². The molecule has 1 fully saturated rings. The van der Waals surface area contributed by atoms with E-state index < -0.39 is 0 Å². The van der Waals surface area contributed by atoms with Crippen molar-refractivity contribution in [2.75, 3.05) is 13.7 Å². The summed E-state index contributed by atoms with van der Waals surface area (Å²) in [7, 11) is 2.19. The largest absolute Gasteiger partial charge is 0.463 e. The summed E-state index contributed by atoms with van der Waals surface area (Å²) in [6.45, 7) is 4.93. The highest BCUT2D eigenvalue weighted by Gasteiger charge is 2.25. The Labute approximate surface area is 168 Å². The molecule has 2 aromatic carbocycles. The van der Waals surface area contributed by atoms with E-state index in [9.17, 15) is 4.79 Å². The van der Waals surface area contributed by atoms with Crippen LogP contribution in [0.4, 0.5) is 0 Å². The molecule has 0 bridgehead atoms. The highest BCUT2D eigenvalue weighted by atomic mass is 16.5. The van der Waals surface area contributed by atoms with Gasteiger partial charge in [-0.2, -0.15) is 0 Å². The number of benzene rings is 2. The maximum Gasteiger partial charge on any atom is 0.333 e. The van der Waals surface area contributed by atoms with Crippen molar-refractivity contribution >= 4 is 12.0 Å². The van der Waals surface area contributed by atoms with Crippen LogP contribution in [0.1, 0.15) is 48.9 Å². The van der Waals surface area contributed by atoms with Crippen LogP contribution in [0.15, 0.2) is 54.1 Å². The van der Waals surface area contributed by atoms with Gasteiger partial charge in [-0.1, -0.05) is 36.1 Å². The zero-order valence-electron chi connectivity index (χ0n) is 16.9. The number of carbonyl (C=O) groups is 1. The average molecular weight is 373 g/mol.